The molecule has 1 unspecified atom stereocenters. The fraction of sp³-hybridized carbons (Fsp3) is 0.304. The summed E-state index contributed by atoms with van der Waals surface area (Å²) >= 11 is 0. The summed E-state index contributed by atoms with van der Waals surface area (Å²) in [7, 11) is 1.57. The number of nitrogens with zero attached hydrogens (tertiary/aromatic N) is 3. The Morgan fingerprint density at radius 1 is 1.13 bits per heavy atom. The van der Waals surface area contributed by atoms with Crippen LogP contribution in [-0.4, -0.2) is 40.2 Å². The molecule has 0 saturated heterocycles. The number of hydrogen-bond donors (Lipinski definition) is 2. The van der Waals surface area contributed by atoms with Crippen molar-refractivity contribution in [3.63, 3.8) is 0 Å². The molecule has 4 rings (SSSR count). The van der Waals surface area contributed by atoms with Crippen molar-refractivity contribution >= 4 is 11.8 Å². The Balaban J connectivity index is 1.42. The van der Waals surface area contributed by atoms with Crippen LogP contribution in [0.2, 0.25) is 0 Å². The summed E-state index contributed by atoms with van der Waals surface area (Å²) in [6.07, 6.45) is 4.61. The molecule has 2 N–H and O–H groups in total. The quantitative estimate of drug-likeness (QED) is 0.555. The van der Waals surface area contributed by atoms with Gasteiger partial charge in [0.1, 0.15) is 23.9 Å². The summed E-state index contributed by atoms with van der Waals surface area (Å²) in [6, 6.07) is 15.6. The number of carbonyl (C=O) groups is 2. The normalized spacial score (nSPS) is 14.0. The maximum Gasteiger partial charge on any atom is 0.252 e. The van der Waals surface area contributed by atoms with Gasteiger partial charge in [0.2, 0.25) is 5.91 Å². The van der Waals surface area contributed by atoms with Crippen LogP contribution in [0.15, 0.2) is 60.9 Å². The molecule has 0 bridgehead atoms. The van der Waals surface area contributed by atoms with Gasteiger partial charge >= 0.3 is 0 Å². The minimum absolute atomic E-state index is 0.273. The molecule has 2 amide bonds. The number of aromatic nitrogens is 3. The van der Waals surface area contributed by atoms with Crippen LogP contribution in [0.3, 0.4) is 0 Å². The van der Waals surface area contributed by atoms with Gasteiger partial charge in [-0.2, -0.15) is 0 Å². The van der Waals surface area contributed by atoms with Gasteiger partial charge < -0.3 is 19.9 Å². The zero-order valence-electron chi connectivity index (χ0n) is 17.3. The molecule has 1 aromatic heterocycles. The molecule has 160 valence electrons. The molecule has 3 aromatic rings. The molecule has 1 fully saturated rings. The van der Waals surface area contributed by atoms with E-state index in [0.29, 0.717) is 35.9 Å². The van der Waals surface area contributed by atoms with Gasteiger partial charge in [0.05, 0.1) is 7.11 Å². The first-order chi connectivity index (χ1) is 15.2. The van der Waals surface area contributed by atoms with Crippen LogP contribution in [0.25, 0.3) is 0 Å². The van der Waals surface area contributed by atoms with Crippen molar-refractivity contribution in [2.75, 3.05) is 13.7 Å². The second kappa shape index (κ2) is 9.42. The molecule has 1 atom stereocenters. The van der Waals surface area contributed by atoms with E-state index in [2.05, 4.69) is 25.4 Å². The third kappa shape index (κ3) is 5.09. The van der Waals surface area contributed by atoms with Crippen LogP contribution in [-0.2, 0) is 11.2 Å². The molecule has 1 saturated carbocycles. The first-order valence-electron chi connectivity index (χ1n) is 10.3. The monoisotopic (exact) mass is 419 g/mol. The SMILES string of the molecule is COc1ccc(C(=O)NC(C(=O)NCCc2nncn2C2CC2)c2ccccc2)cc1. The molecule has 1 aliphatic carbocycles. The van der Waals surface area contributed by atoms with E-state index in [4.69, 9.17) is 4.74 Å². The molecular weight excluding hydrogens is 394 g/mol. The van der Waals surface area contributed by atoms with E-state index in [-0.39, 0.29) is 11.8 Å². The zero-order valence-corrected chi connectivity index (χ0v) is 17.3. The molecule has 1 aliphatic rings. The molecule has 8 nitrogen and oxygen atoms in total. The highest BCUT2D eigenvalue weighted by Crippen LogP contribution is 2.35. The lowest BCUT2D eigenvalue weighted by Gasteiger charge is -2.19. The van der Waals surface area contributed by atoms with E-state index in [1.54, 1.807) is 37.7 Å². The zero-order chi connectivity index (χ0) is 21.6. The number of methoxy groups -OCH3 is 1. The minimum atomic E-state index is -0.808. The van der Waals surface area contributed by atoms with E-state index < -0.39 is 6.04 Å². The van der Waals surface area contributed by atoms with Crippen molar-refractivity contribution < 1.29 is 14.3 Å². The van der Waals surface area contributed by atoms with Crippen molar-refractivity contribution in [2.24, 2.45) is 0 Å². The van der Waals surface area contributed by atoms with E-state index in [1.165, 1.54) is 0 Å². The topological polar surface area (TPSA) is 98.1 Å². The van der Waals surface area contributed by atoms with E-state index in [1.807, 2.05) is 30.3 Å². The second-order valence-electron chi connectivity index (χ2n) is 7.47. The summed E-state index contributed by atoms with van der Waals surface area (Å²) in [5, 5.41) is 13.9. The van der Waals surface area contributed by atoms with Crippen molar-refractivity contribution in [1.82, 2.24) is 25.4 Å². The van der Waals surface area contributed by atoms with Gasteiger partial charge in [-0.1, -0.05) is 30.3 Å². The summed E-state index contributed by atoms with van der Waals surface area (Å²) in [4.78, 5) is 25.7. The maximum absolute atomic E-state index is 13.0. The molecule has 31 heavy (non-hydrogen) atoms. The lowest BCUT2D eigenvalue weighted by atomic mass is 10.1. The number of ether oxygens (including phenoxy) is 1. The first-order valence-corrected chi connectivity index (χ1v) is 10.3. The Morgan fingerprint density at radius 2 is 1.87 bits per heavy atom. The standard InChI is InChI=1S/C23H25N5O3/c1-31-19-11-7-17(8-12-19)22(29)26-21(16-5-3-2-4-6-16)23(30)24-14-13-20-27-25-15-28(20)18-9-10-18/h2-8,11-12,15,18,21H,9-10,13-14H2,1H3,(H,24,30)(H,26,29). The second-order valence-corrected chi connectivity index (χ2v) is 7.47. The summed E-state index contributed by atoms with van der Waals surface area (Å²) in [5.41, 5.74) is 1.16. The Morgan fingerprint density at radius 3 is 2.55 bits per heavy atom. The third-order valence-electron chi connectivity index (χ3n) is 5.26. The van der Waals surface area contributed by atoms with Crippen LogP contribution in [0.1, 0.15) is 46.7 Å². The van der Waals surface area contributed by atoms with Gasteiger partial charge in [0.15, 0.2) is 0 Å². The van der Waals surface area contributed by atoms with Crippen LogP contribution >= 0.6 is 0 Å². The van der Waals surface area contributed by atoms with Gasteiger partial charge in [-0.25, -0.2) is 0 Å². The lowest BCUT2D eigenvalue weighted by molar-refractivity contribution is -0.123. The number of nitrogens with one attached hydrogen (secondary N) is 2. The Bertz CT molecular complexity index is 1030. The van der Waals surface area contributed by atoms with E-state index >= 15 is 0 Å². The molecule has 2 aromatic carbocycles. The number of rotatable bonds is 9. The van der Waals surface area contributed by atoms with Gasteiger partial charge in [0.25, 0.3) is 5.91 Å². The number of benzene rings is 2. The maximum atomic E-state index is 13.0. The van der Waals surface area contributed by atoms with E-state index in [0.717, 1.165) is 18.7 Å². The summed E-state index contributed by atoms with van der Waals surface area (Å²) in [6.45, 7) is 0.409. The van der Waals surface area contributed by atoms with Gasteiger partial charge in [0, 0.05) is 24.6 Å². The molecule has 0 radical (unpaired) electrons. The van der Waals surface area contributed by atoms with Gasteiger partial charge in [-0.15, -0.1) is 10.2 Å². The third-order valence-corrected chi connectivity index (χ3v) is 5.26. The van der Waals surface area contributed by atoms with Crippen LogP contribution in [0, 0.1) is 0 Å². The van der Waals surface area contributed by atoms with Crippen molar-refractivity contribution in [3.05, 3.63) is 77.9 Å². The first kappa shape index (κ1) is 20.6. The predicted octanol–water partition coefficient (Wildman–Crippen LogP) is 2.45. The molecular formula is C23H25N5O3. The molecule has 1 heterocycles. The van der Waals surface area contributed by atoms with E-state index in [9.17, 15) is 9.59 Å². The van der Waals surface area contributed by atoms with Crippen molar-refractivity contribution in [2.45, 2.75) is 31.3 Å². The van der Waals surface area contributed by atoms with Gasteiger partial charge in [-0.3, -0.25) is 9.59 Å². The van der Waals surface area contributed by atoms with Crippen LogP contribution in [0.4, 0.5) is 0 Å². The highest BCUT2D eigenvalue weighted by atomic mass is 16.5. The predicted molar refractivity (Wildman–Crippen MR) is 115 cm³/mol. The van der Waals surface area contributed by atoms with Crippen molar-refractivity contribution in [3.8, 4) is 5.75 Å². The van der Waals surface area contributed by atoms with Gasteiger partial charge in [-0.05, 0) is 42.7 Å². The summed E-state index contributed by atoms with van der Waals surface area (Å²) < 4.78 is 7.21. The average Bonchev–Trinajstić information content (AvgIpc) is 3.55. The van der Waals surface area contributed by atoms with Crippen LogP contribution < -0.4 is 15.4 Å². The average molecular weight is 419 g/mol. The Kier molecular flexibility index (Phi) is 6.26. The number of amides is 2. The Labute approximate surface area is 180 Å². The number of carbonyl (C=O) groups excluding carboxylic acids is 2. The van der Waals surface area contributed by atoms with Crippen LogP contribution in [0.5, 0.6) is 5.75 Å². The fourth-order valence-corrected chi connectivity index (χ4v) is 3.41. The minimum Gasteiger partial charge on any atom is -0.497 e. The largest absolute Gasteiger partial charge is 0.497 e. The highest BCUT2D eigenvalue weighted by molar-refractivity contribution is 5.98. The Hall–Kier alpha value is -3.68. The summed E-state index contributed by atoms with van der Waals surface area (Å²) in [5.74, 6) is 0.917. The molecule has 0 aliphatic heterocycles. The fourth-order valence-electron chi connectivity index (χ4n) is 3.41. The molecule has 8 heteroatoms. The number of hydrogen-bond acceptors (Lipinski definition) is 5. The highest BCUT2D eigenvalue weighted by Gasteiger charge is 2.26. The lowest BCUT2D eigenvalue weighted by Crippen LogP contribution is -2.41. The molecule has 0 spiro atoms. The van der Waals surface area contributed by atoms with Crippen molar-refractivity contribution in [1.29, 1.82) is 0 Å². The smallest absolute Gasteiger partial charge is 0.252 e.